The first-order valence-electron chi connectivity index (χ1n) is 4.65. The van der Waals surface area contributed by atoms with Crippen LogP contribution in [0.2, 0.25) is 0 Å². The predicted octanol–water partition coefficient (Wildman–Crippen LogP) is 2.19. The Labute approximate surface area is 92.4 Å². The maximum absolute atomic E-state index is 4.26. The zero-order valence-electron chi connectivity index (χ0n) is 8.40. The van der Waals surface area contributed by atoms with E-state index < -0.39 is 0 Å². The van der Waals surface area contributed by atoms with Crippen LogP contribution >= 0.6 is 11.3 Å². The fourth-order valence-electron chi connectivity index (χ4n) is 1.17. The van der Waals surface area contributed by atoms with Gasteiger partial charge in [-0.05, 0) is 17.5 Å². The molecule has 2 rings (SSSR count). The average Bonchev–Trinajstić information content (AvgIpc) is 2.79. The lowest BCUT2D eigenvalue weighted by Crippen LogP contribution is -2.02. The summed E-state index contributed by atoms with van der Waals surface area (Å²) in [5, 5.41) is 8.21. The second kappa shape index (κ2) is 4.75. The Kier molecular flexibility index (Phi) is 3.14. The van der Waals surface area contributed by atoms with Gasteiger partial charge in [0.05, 0.1) is 6.54 Å². The minimum Gasteiger partial charge on any atom is -0.365 e. The minimum atomic E-state index is 0.631. The number of nitrogens with one attached hydrogen (secondary N) is 2. The molecule has 0 aliphatic heterocycles. The fraction of sp³-hybridized carbons (Fsp3) is 0.200. The fourth-order valence-corrected chi connectivity index (χ4v) is 1.81. The molecule has 5 heteroatoms. The Bertz CT molecular complexity index is 413. The van der Waals surface area contributed by atoms with Crippen LogP contribution in [0.1, 0.15) is 4.88 Å². The van der Waals surface area contributed by atoms with E-state index in [1.807, 2.05) is 12.1 Å². The average molecular weight is 220 g/mol. The van der Waals surface area contributed by atoms with E-state index in [0.29, 0.717) is 5.95 Å². The van der Waals surface area contributed by atoms with Gasteiger partial charge in [-0.3, -0.25) is 0 Å². The molecule has 15 heavy (non-hydrogen) atoms. The molecule has 2 N–H and O–H groups in total. The largest absolute Gasteiger partial charge is 0.365 e. The van der Waals surface area contributed by atoms with Gasteiger partial charge in [0.15, 0.2) is 0 Å². The second-order valence-corrected chi connectivity index (χ2v) is 3.98. The summed E-state index contributed by atoms with van der Waals surface area (Å²) in [5.41, 5.74) is 0. The Morgan fingerprint density at radius 1 is 1.40 bits per heavy atom. The lowest BCUT2D eigenvalue weighted by molar-refractivity contribution is 1.09. The van der Waals surface area contributed by atoms with E-state index in [1.165, 1.54) is 4.88 Å². The highest BCUT2D eigenvalue weighted by atomic mass is 32.1. The molecule has 0 aromatic carbocycles. The molecule has 0 atom stereocenters. The molecule has 0 spiro atoms. The highest BCUT2D eigenvalue weighted by Crippen LogP contribution is 2.11. The molecule has 78 valence electrons. The monoisotopic (exact) mass is 220 g/mol. The van der Waals surface area contributed by atoms with E-state index in [-0.39, 0.29) is 0 Å². The van der Waals surface area contributed by atoms with Gasteiger partial charge in [0.1, 0.15) is 5.82 Å². The molecule has 0 bridgehead atoms. The molecule has 0 amide bonds. The quantitative estimate of drug-likeness (QED) is 0.829. The molecule has 2 aromatic rings. The maximum atomic E-state index is 4.26. The van der Waals surface area contributed by atoms with Crippen LogP contribution in [0.5, 0.6) is 0 Å². The molecular formula is C10H12N4S. The third-order valence-electron chi connectivity index (χ3n) is 1.90. The Balaban J connectivity index is 1.98. The van der Waals surface area contributed by atoms with Crippen molar-refractivity contribution >= 4 is 23.1 Å². The molecule has 0 fully saturated rings. The van der Waals surface area contributed by atoms with Gasteiger partial charge in [-0.1, -0.05) is 6.07 Å². The second-order valence-electron chi connectivity index (χ2n) is 2.95. The molecule has 0 aliphatic carbocycles. The molecule has 2 aromatic heterocycles. The number of anilines is 2. The van der Waals surface area contributed by atoms with Crippen molar-refractivity contribution in [1.82, 2.24) is 9.97 Å². The van der Waals surface area contributed by atoms with E-state index in [2.05, 4.69) is 32.0 Å². The van der Waals surface area contributed by atoms with E-state index in [9.17, 15) is 0 Å². The van der Waals surface area contributed by atoms with Crippen molar-refractivity contribution in [2.75, 3.05) is 17.7 Å². The van der Waals surface area contributed by atoms with E-state index in [1.54, 1.807) is 24.6 Å². The van der Waals surface area contributed by atoms with Crippen molar-refractivity contribution in [2.24, 2.45) is 0 Å². The highest BCUT2D eigenvalue weighted by Gasteiger charge is 1.97. The summed E-state index contributed by atoms with van der Waals surface area (Å²) >= 11 is 1.73. The summed E-state index contributed by atoms with van der Waals surface area (Å²) in [5.74, 6) is 1.47. The molecule has 0 radical (unpaired) electrons. The predicted molar refractivity (Wildman–Crippen MR) is 63.2 cm³/mol. The first kappa shape index (κ1) is 9.92. The van der Waals surface area contributed by atoms with Crippen molar-refractivity contribution in [1.29, 1.82) is 0 Å². The van der Waals surface area contributed by atoms with Crippen molar-refractivity contribution in [3.05, 3.63) is 34.7 Å². The highest BCUT2D eigenvalue weighted by molar-refractivity contribution is 7.09. The van der Waals surface area contributed by atoms with Crippen molar-refractivity contribution in [3.63, 3.8) is 0 Å². The Morgan fingerprint density at radius 2 is 2.33 bits per heavy atom. The van der Waals surface area contributed by atoms with Gasteiger partial charge in [0.25, 0.3) is 0 Å². The minimum absolute atomic E-state index is 0.631. The lowest BCUT2D eigenvalue weighted by atomic mass is 10.4. The molecule has 0 unspecified atom stereocenters. The van der Waals surface area contributed by atoms with Crippen LogP contribution in [-0.4, -0.2) is 17.0 Å². The normalized spacial score (nSPS) is 9.93. The SMILES string of the molecule is CNc1nccc(NCc2cccs2)n1. The van der Waals surface area contributed by atoms with Gasteiger partial charge in [0.2, 0.25) is 5.95 Å². The molecule has 0 aliphatic rings. The number of rotatable bonds is 4. The molecular weight excluding hydrogens is 208 g/mol. The van der Waals surface area contributed by atoms with Crippen LogP contribution in [0.3, 0.4) is 0 Å². The number of hydrogen-bond donors (Lipinski definition) is 2. The summed E-state index contributed by atoms with van der Waals surface area (Å²) in [4.78, 5) is 9.60. The number of aromatic nitrogens is 2. The zero-order chi connectivity index (χ0) is 10.5. The lowest BCUT2D eigenvalue weighted by Gasteiger charge is -2.04. The number of nitrogens with zero attached hydrogens (tertiary/aromatic N) is 2. The number of hydrogen-bond acceptors (Lipinski definition) is 5. The van der Waals surface area contributed by atoms with Crippen molar-refractivity contribution in [2.45, 2.75) is 6.54 Å². The summed E-state index contributed by atoms with van der Waals surface area (Å²) in [6, 6.07) is 5.99. The molecule has 0 saturated carbocycles. The third-order valence-corrected chi connectivity index (χ3v) is 2.78. The smallest absolute Gasteiger partial charge is 0.224 e. The van der Waals surface area contributed by atoms with Crippen molar-refractivity contribution in [3.8, 4) is 0 Å². The van der Waals surface area contributed by atoms with Gasteiger partial charge in [-0.15, -0.1) is 11.3 Å². The van der Waals surface area contributed by atoms with Gasteiger partial charge >= 0.3 is 0 Å². The Hall–Kier alpha value is -1.62. The van der Waals surface area contributed by atoms with Gasteiger partial charge in [0, 0.05) is 18.1 Å². The first-order valence-corrected chi connectivity index (χ1v) is 5.53. The van der Waals surface area contributed by atoms with Crippen molar-refractivity contribution < 1.29 is 0 Å². The van der Waals surface area contributed by atoms with E-state index >= 15 is 0 Å². The molecule has 0 saturated heterocycles. The van der Waals surface area contributed by atoms with Gasteiger partial charge in [-0.2, -0.15) is 4.98 Å². The van der Waals surface area contributed by atoms with E-state index in [4.69, 9.17) is 0 Å². The summed E-state index contributed by atoms with van der Waals surface area (Å²) in [6.45, 7) is 0.803. The summed E-state index contributed by atoms with van der Waals surface area (Å²) < 4.78 is 0. The van der Waals surface area contributed by atoms with E-state index in [0.717, 1.165) is 12.4 Å². The van der Waals surface area contributed by atoms with Crippen LogP contribution in [-0.2, 0) is 6.54 Å². The molecule has 2 heterocycles. The van der Waals surface area contributed by atoms with Gasteiger partial charge in [-0.25, -0.2) is 4.98 Å². The van der Waals surface area contributed by atoms with Gasteiger partial charge < -0.3 is 10.6 Å². The Morgan fingerprint density at radius 3 is 3.07 bits per heavy atom. The van der Waals surface area contributed by atoms with Crippen LogP contribution < -0.4 is 10.6 Å². The van der Waals surface area contributed by atoms with Crippen LogP contribution in [0.15, 0.2) is 29.8 Å². The zero-order valence-corrected chi connectivity index (χ0v) is 9.21. The van der Waals surface area contributed by atoms with Crippen LogP contribution in [0, 0.1) is 0 Å². The standard InChI is InChI=1S/C10H12N4S/c1-11-10-12-5-4-9(14-10)13-7-8-3-2-6-15-8/h2-6H,7H2,1H3,(H2,11,12,13,14). The van der Waals surface area contributed by atoms with Crippen LogP contribution in [0.25, 0.3) is 0 Å². The number of thiophene rings is 1. The first-order chi connectivity index (χ1) is 7.38. The topological polar surface area (TPSA) is 49.8 Å². The third kappa shape index (κ3) is 2.66. The summed E-state index contributed by atoms with van der Waals surface area (Å²) in [6.07, 6.45) is 1.73. The molecule has 4 nitrogen and oxygen atoms in total. The maximum Gasteiger partial charge on any atom is 0.224 e. The van der Waals surface area contributed by atoms with Crippen LogP contribution in [0.4, 0.5) is 11.8 Å². The summed E-state index contributed by atoms with van der Waals surface area (Å²) in [7, 11) is 1.80.